The summed E-state index contributed by atoms with van der Waals surface area (Å²) < 4.78 is 13.6. The molecular weight excluding hydrogens is 293 g/mol. The van der Waals surface area contributed by atoms with Gasteiger partial charge in [0.1, 0.15) is 5.82 Å². The van der Waals surface area contributed by atoms with Gasteiger partial charge in [0, 0.05) is 20.9 Å². The molecule has 0 radical (unpaired) electrons. The van der Waals surface area contributed by atoms with Gasteiger partial charge in [-0.15, -0.1) is 0 Å². The first-order valence-electron chi connectivity index (χ1n) is 6.56. The number of halogens is 2. The van der Waals surface area contributed by atoms with Crippen LogP contribution < -0.4 is 5.73 Å². The number of hydrogen-bond acceptors (Lipinski definition) is 2. The first kappa shape index (κ1) is 15.4. The molecule has 2 N–H and O–H groups in total. The Morgan fingerprint density at radius 2 is 2.00 bits per heavy atom. The minimum atomic E-state index is -0.217. The highest BCUT2D eigenvalue weighted by Gasteiger charge is 2.08. The van der Waals surface area contributed by atoms with E-state index in [2.05, 4.69) is 6.92 Å². The molecule has 0 aromatic heterocycles. The Balaban J connectivity index is 2.15. The molecular formula is C16H17ClFNS. The molecule has 0 saturated heterocycles. The van der Waals surface area contributed by atoms with Crippen molar-refractivity contribution in [2.45, 2.75) is 35.6 Å². The second-order valence-electron chi connectivity index (χ2n) is 4.66. The summed E-state index contributed by atoms with van der Waals surface area (Å²) in [5.74, 6) is -0.217. The number of nitrogens with two attached hydrogens (primary N) is 1. The normalized spacial score (nSPS) is 12.4. The zero-order chi connectivity index (χ0) is 14.5. The van der Waals surface area contributed by atoms with E-state index in [4.69, 9.17) is 17.3 Å². The van der Waals surface area contributed by atoms with Crippen LogP contribution in [0, 0.1) is 5.82 Å². The van der Waals surface area contributed by atoms with Gasteiger partial charge in [0.05, 0.1) is 0 Å². The van der Waals surface area contributed by atoms with E-state index in [0.29, 0.717) is 9.92 Å². The Kier molecular flexibility index (Phi) is 5.46. The lowest BCUT2D eigenvalue weighted by molar-refractivity contribution is 0.602. The van der Waals surface area contributed by atoms with Gasteiger partial charge in [0.25, 0.3) is 0 Å². The maximum atomic E-state index is 13.6. The third-order valence-electron chi connectivity index (χ3n) is 3.10. The fourth-order valence-corrected chi connectivity index (χ4v) is 3.04. The van der Waals surface area contributed by atoms with Crippen LogP contribution in [-0.2, 0) is 6.42 Å². The summed E-state index contributed by atoms with van der Waals surface area (Å²) in [5.41, 5.74) is 6.98. The quantitative estimate of drug-likeness (QED) is 0.849. The van der Waals surface area contributed by atoms with Crippen LogP contribution in [0.15, 0.2) is 52.3 Å². The van der Waals surface area contributed by atoms with Crippen molar-refractivity contribution in [3.05, 3.63) is 58.9 Å². The number of hydrogen-bond donors (Lipinski definition) is 1. The largest absolute Gasteiger partial charge is 0.327 e. The van der Waals surface area contributed by atoms with E-state index in [1.807, 2.05) is 24.3 Å². The van der Waals surface area contributed by atoms with Gasteiger partial charge in [0.15, 0.2) is 0 Å². The molecule has 106 valence electrons. The van der Waals surface area contributed by atoms with Gasteiger partial charge in [-0.25, -0.2) is 4.39 Å². The van der Waals surface area contributed by atoms with Gasteiger partial charge < -0.3 is 5.73 Å². The Morgan fingerprint density at radius 3 is 2.65 bits per heavy atom. The average molecular weight is 310 g/mol. The zero-order valence-corrected chi connectivity index (χ0v) is 12.8. The SMILES string of the molecule is CCC(N)Cc1ccc(Sc2ccccc2F)cc1Cl. The molecule has 2 rings (SSSR count). The van der Waals surface area contributed by atoms with E-state index in [1.165, 1.54) is 17.8 Å². The summed E-state index contributed by atoms with van der Waals surface area (Å²) in [7, 11) is 0. The average Bonchev–Trinajstić information content (AvgIpc) is 2.44. The van der Waals surface area contributed by atoms with Crippen LogP contribution in [0.25, 0.3) is 0 Å². The molecule has 1 nitrogen and oxygen atoms in total. The van der Waals surface area contributed by atoms with Gasteiger partial charge in [-0.2, -0.15) is 0 Å². The van der Waals surface area contributed by atoms with Crippen molar-refractivity contribution < 1.29 is 4.39 Å². The van der Waals surface area contributed by atoms with Crippen LogP contribution in [0.4, 0.5) is 4.39 Å². The lowest BCUT2D eigenvalue weighted by Crippen LogP contribution is -2.21. The van der Waals surface area contributed by atoms with Gasteiger partial charge in [-0.3, -0.25) is 0 Å². The summed E-state index contributed by atoms with van der Waals surface area (Å²) in [5, 5.41) is 0.690. The van der Waals surface area contributed by atoms with Crippen molar-refractivity contribution in [1.29, 1.82) is 0 Å². The van der Waals surface area contributed by atoms with Crippen LogP contribution in [0.2, 0.25) is 5.02 Å². The Labute approximate surface area is 128 Å². The van der Waals surface area contributed by atoms with E-state index in [-0.39, 0.29) is 11.9 Å². The van der Waals surface area contributed by atoms with Crippen molar-refractivity contribution in [2.24, 2.45) is 5.73 Å². The van der Waals surface area contributed by atoms with Crippen molar-refractivity contribution >= 4 is 23.4 Å². The summed E-state index contributed by atoms with van der Waals surface area (Å²) in [6.07, 6.45) is 1.68. The van der Waals surface area contributed by atoms with Crippen LogP contribution in [0.3, 0.4) is 0 Å². The molecule has 2 aromatic rings. The zero-order valence-electron chi connectivity index (χ0n) is 11.3. The van der Waals surface area contributed by atoms with E-state index in [9.17, 15) is 4.39 Å². The Bertz CT molecular complexity index is 588. The van der Waals surface area contributed by atoms with Gasteiger partial charge >= 0.3 is 0 Å². The van der Waals surface area contributed by atoms with E-state index < -0.39 is 0 Å². The molecule has 4 heteroatoms. The maximum Gasteiger partial charge on any atom is 0.137 e. The summed E-state index contributed by atoms with van der Waals surface area (Å²) >= 11 is 7.64. The van der Waals surface area contributed by atoms with Crippen LogP contribution >= 0.6 is 23.4 Å². The number of benzene rings is 2. The molecule has 0 bridgehead atoms. The standard InChI is InChI=1S/C16H17ClFNS/c1-2-12(19)9-11-7-8-13(10-14(11)17)20-16-6-4-3-5-15(16)18/h3-8,10,12H,2,9,19H2,1H3. The van der Waals surface area contributed by atoms with Crippen LogP contribution in [-0.4, -0.2) is 6.04 Å². The molecule has 0 heterocycles. The van der Waals surface area contributed by atoms with Crippen molar-refractivity contribution in [2.75, 3.05) is 0 Å². The molecule has 0 spiro atoms. The Hall–Kier alpha value is -1.03. The molecule has 0 amide bonds. The lowest BCUT2D eigenvalue weighted by atomic mass is 10.1. The molecule has 0 aliphatic rings. The molecule has 0 fully saturated rings. The molecule has 20 heavy (non-hydrogen) atoms. The Morgan fingerprint density at radius 1 is 1.25 bits per heavy atom. The van der Waals surface area contributed by atoms with Gasteiger partial charge in [-0.05, 0) is 42.7 Å². The summed E-state index contributed by atoms with van der Waals surface area (Å²) in [4.78, 5) is 1.52. The van der Waals surface area contributed by atoms with Crippen LogP contribution in [0.1, 0.15) is 18.9 Å². The number of rotatable bonds is 5. The van der Waals surface area contributed by atoms with Gasteiger partial charge in [-0.1, -0.05) is 48.5 Å². The highest BCUT2D eigenvalue weighted by Crippen LogP contribution is 2.32. The van der Waals surface area contributed by atoms with Crippen molar-refractivity contribution in [1.82, 2.24) is 0 Å². The first-order chi connectivity index (χ1) is 9.60. The second-order valence-corrected chi connectivity index (χ2v) is 6.18. The van der Waals surface area contributed by atoms with Crippen LogP contribution in [0.5, 0.6) is 0 Å². The monoisotopic (exact) mass is 309 g/mol. The molecule has 0 aliphatic heterocycles. The second kappa shape index (κ2) is 7.11. The molecule has 0 aliphatic carbocycles. The molecule has 2 aromatic carbocycles. The maximum absolute atomic E-state index is 13.6. The first-order valence-corrected chi connectivity index (χ1v) is 7.76. The smallest absolute Gasteiger partial charge is 0.137 e. The summed E-state index contributed by atoms with van der Waals surface area (Å²) in [6.45, 7) is 2.06. The van der Waals surface area contributed by atoms with Crippen molar-refractivity contribution in [3.8, 4) is 0 Å². The topological polar surface area (TPSA) is 26.0 Å². The highest BCUT2D eigenvalue weighted by atomic mass is 35.5. The predicted molar refractivity (Wildman–Crippen MR) is 83.9 cm³/mol. The van der Waals surface area contributed by atoms with E-state index >= 15 is 0 Å². The predicted octanol–water partition coefficient (Wildman–Crippen LogP) is 4.91. The summed E-state index contributed by atoms with van der Waals surface area (Å²) in [6, 6.07) is 12.6. The fraction of sp³-hybridized carbons (Fsp3) is 0.250. The molecule has 0 saturated carbocycles. The third kappa shape index (κ3) is 3.98. The van der Waals surface area contributed by atoms with Crippen molar-refractivity contribution in [3.63, 3.8) is 0 Å². The molecule has 1 atom stereocenters. The van der Waals surface area contributed by atoms with Gasteiger partial charge in [0.2, 0.25) is 0 Å². The van der Waals surface area contributed by atoms with E-state index in [0.717, 1.165) is 23.3 Å². The minimum Gasteiger partial charge on any atom is -0.327 e. The third-order valence-corrected chi connectivity index (χ3v) is 4.49. The van der Waals surface area contributed by atoms with E-state index in [1.54, 1.807) is 12.1 Å². The minimum absolute atomic E-state index is 0.123. The fourth-order valence-electron chi connectivity index (χ4n) is 1.84. The molecule has 1 unspecified atom stereocenters. The highest BCUT2D eigenvalue weighted by molar-refractivity contribution is 7.99. The lowest BCUT2D eigenvalue weighted by Gasteiger charge is -2.11.